The first-order valence-corrected chi connectivity index (χ1v) is 7.72. The largest absolute Gasteiger partial charge is 0.359 e. The van der Waals surface area contributed by atoms with E-state index in [1.54, 1.807) is 0 Å². The highest BCUT2D eigenvalue weighted by molar-refractivity contribution is 9.10. The number of hydrogen-bond acceptors (Lipinski definition) is 2. The van der Waals surface area contributed by atoms with E-state index in [1.807, 2.05) is 43.3 Å². The lowest BCUT2D eigenvalue weighted by molar-refractivity contribution is 0.262. The predicted molar refractivity (Wildman–Crippen MR) is 94.4 cm³/mol. The lowest BCUT2D eigenvalue weighted by Gasteiger charge is -2.11. The first kappa shape index (κ1) is 14.7. The van der Waals surface area contributed by atoms with E-state index in [0.29, 0.717) is 0 Å². The van der Waals surface area contributed by atoms with E-state index in [1.165, 1.54) is 5.56 Å². The van der Waals surface area contributed by atoms with Crippen LogP contribution in [0.2, 0.25) is 0 Å². The number of halogens is 1. The molecule has 1 heterocycles. The summed E-state index contributed by atoms with van der Waals surface area (Å²) in [5, 5.41) is 8.90. The first-order chi connectivity index (χ1) is 10.5. The summed E-state index contributed by atoms with van der Waals surface area (Å²) >= 11 is 3.41. The molecule has 0 saturated carbocycles. The molecule has 4 nitrogen and oxygen atoms in total. The lowest BCUT2D eigenvalue weighted by atomic mass is 10.1. The number of anilines is 3. The fourth-order valence-corrected chi connectivity index (χ4v) is 2.92. The summed E-state index contributed by atoms with van der Waals surface area (Å²) in [6, 6.07) is 11.3. The SMILES string of the molecule is C=C1Cc2ccc(NC(=O)Nc3ccc(Br)cc3C)cc2N1. The Labute approximate surface area is 137 Å². The van der Waals surface area contributed by atoms with Gasteiger partial charge in [0.2, 0.25) is 0 Å². The van der Waals surface area contributed by atoms with Crippen LogP contribution in [0.3, 0.4) is 0 Å². The van der Waals surface area contributed by atoms with Gasteiger partial charge in [0.05, 0.1) is 0 Å². The van der Waals surface area contributed by atoms with Crippen LogP contribution in [0.5, 0.6) is 0 Å². The molecule has 0 aromatic heterocycles. The fourth-order valence-electron chi connectivity index (χ4n) is 2.44. The molecule has 2 amide bonds. The highest BCUT2D eigenvalue weighted by Gasteiger charge is 2.14. The maximum atomic E-state index is 12.1. The zero-order valence-corrected chi connectivity index (χ0v) is 13.8. The highest BCUT2D eigenvalue weighted by atomic mass is 79.9. The average Bonchev–Trinajstić information content (AvgIpc) is 2.81. The Bertz CT molecular complexity index is 770. The third-order valence-electron chi connectivity index (χ3n) is 3.52. The molecular formula is C17H16BrN3O. The van der Waals surface area contributed by atoms with Gasteiger partial charge in [0.15, 0.2) is 0 Å². The molecule has 3 N–H and O–H groups in total. The Morgan fingerprint density at radius 3 is 2.82 bits per heavy atom. The fraction of sp³-hybridized carbons (Fsp3) is 0.118. The lowest BCUT2D eigenvalue weighted by Crippen LogP contribution is -2.20. The van der Waals surface area contributed by atoms with Crippen molar-refractivity contribution in [1.29, 1.82) is 0 Å². The molecule has 2 aromatic carbocycles. The maximum absolute atomic E-state index is 12.1. The minimum Gasteiger partial charge on any atom is -0.359 e. The van der Waals surface area contributed by atoms with Crippen molar-refractivity contribution in [2.45, 2.75) is 13.3 Å². The molecule has 112 valence electrons. The smallest absolute Gasteiger partial charge is 0.323 e. The van der Waals surface area contributed by atoms with Gasteiger partial charge < -0.3 is 16.0 Å². The molecule has 0 radical (unpaired) electrons. The Kier molecular flexibility index (Phi) is 3.90. The van der Waals surface area contributed by atoms with E-state index >= 15 is 0 Å². The number of amides is 2. The van der Waals surface area contributed by atoms with Crippen molar-refractivity contribution in [1.82, 2.24) is 0 Å². The second-order valence-electron chi connectivity index (χ2n) is 5.32. The Hall–Kier alpha value is -2.27. The van der Waals surface area contributed by atoms with E-state index in [2.05, 4.69) is 38.5 Å². The van der Waals surface area contributed by atoms with Crippen LogP contribution in [-0.2, 0) is 6.42 Å². The van der Waals surface area contributed by atoms with Gasteiger partial charge in [0.25, 0.3) is 0 Å². The summed E-state index contributed by atoms with van der Waals surface area (Å²) in [7, 11) is 0. The Balaban J connectivity index is 1.70. The standard InChI is InChI=1S/C17H16BrN3O/c1-10-7-13(18)4-6-15(10)21-17(22)20-14-5-3-12-8-11(2)19-16(12)9-14/h3-7,9,19H,2,8H2,1H3,(H2,20,21,22). The Morgan fingerprint density at radius 1 is 1.23 bits per heavy atom. The number of urea groups is 1. The van der Waals surface area contributed by atoms with Crippen molar-refractivity contribution < 1.29 is 4.79 Å². The zero-order chi connectivity index (χ0) is 15.7. The van der Waals surface area contributed by atoms with Crippen molar-refractivity contribution in [3.63, 3.8) is 0 Å². The van der Waals surface area contributed by atoms with Crippen LogP contribution in [0.1, 0.15) is 11.1 Å². The molecule has 0 bridgehead atoms. The number of rotatable bonds is 2. The summed E-state index contributed by atoms with van der Waals surface area (Å²) in [4.78, 5) is 12.1. The van der Waals surface area contributed by atoms with Gasteiger partial charge in [-0.2, -0.15) is 0 Å². The normalized spacial score (nSPS) is 12.5. The third-order valence-corrected chi connectivity index (χ3v) is 4.01. The van der Waals surface area contributed by atoms with Gasteiger partial charge in [0, 0.05) is 33.7 Å². The zero-order valence-electron chi connectivity index (χ0n) is 12.2. The van der Waals surface area contributed by atoms with Crippen LogP contribution in [0.4, 0.5) is 21.9 Å². The monoisotopic (exact) mass is 357 g/mol. The van der Waals surface area contributed by atoms with Gasteiger partial charge >= 0.3 is 6.03 Å². The Morgan fingerprint density at radius 2 is 2.05 bits per heavy atom. The van der Waals surface area contributed by atoms with Crippen LogP contribution < -0.4 is 16.0 Å². The van der Waals surface area contributed by atoms with Crippen molar-refractivity contribution in [2.24, 2.45) is 0 Å². The summed E-state index contributed by atoms with van der Waals surface area (Å²) in [5.41, 5.74) is 5.70. The van der Waals surface area contributed by atoms with Crippen LogP contribution in [-0.4, -0.2) is 6.03 Å². The van der Waals surface area contributed by atoms with Gasteiger partial charge in [-0.25, -0.2) is 4.79 Å². The quantitative estimate of drug-likeness (QED) is 0.716. The van der Waals surface area contributed by atoms with E-state index < -0.39 is 0 Å². The second kappa shape index (κ2) is 5.85. The second-order valence-corrected chi connectivity index (χ2v) is 6.23. The molecule has 5 heteroatoms. The minimum atomic E-state index is -0.262. The van der Waals surface area contributed by atoms with Gasteiger partial charge in [-0.15, -0.1) is 0 Å². The maximum Gasteiger partial charge on any atom is 0.323 e. The number of allylic oxidation sites excluding steroid dienone is 1. The molecule has 1 aliphatic heterocycles. The number of carbonyl (C=O) groups is 1. The summed E-state index contributed by atoms with van der Waals surface area (Å²) in [6.07, 6.45) is 0.833. The number of fused-ring (bicyclic) bond motifs is 1. The molecule has 0 fully saturated rings. The number of carbonyl (C=O) groups excluding carboxylic acids is 1. The van der Waals surface area contributed by atoms with E-state index in [4.69, 9.17) is 0 Å². The van der Waals surface area contributed by atoms with Gasteiger partial charge in [-0.3, -0.25) is 0 Å². The first-order valence-electron chi connectivity index (χ1n) is 6.93. The van der Waals surface area contributed by atoms with E-state index in [0.717, 1.165) is 39.2 Å². The van der Waals surface area contributed by atoms with Crippen LogP contribution in [0.25, 0.3) is 0 Å². The predicted octanol–water partition coefficient (Wildman–Crippen LogP) is 4.88. The minimum absolute atomic E-state index is 0.262. The number of benzene rings is 2. The molecule has 2 aromatic rings. The average molecular weight is 358 g/mol. The van der Waals surface area contributed by atoms with Crippen LogP contribution in [0.15, 0.2) is 53.1 Å². The van der Waals surface area contributed by atoms with Gasteiger partial charge in [-0.05, 0) is 48.4 Å². The molecule has 1 aliphatic rings. The van der Waals surface area contributed by atoms with Gasteiger partial charge in [0.1, 0.15) is 0 Å². The van der Waals surface area contributed by atoms with Gasteiger partial charge in [-0.1, -0.05) is 28.6 Å². The summed E-state index contributed by atoms with van der Waals surface area (Å²) < 4.78 is 0.987. The number of aryl methyl sites for hydroxylation is 1. The summed E-state index contributed by atoms with van der Waals surface area (Å²) in [6.45, 7) is 5.87. The molecule has 0 unspecified atom stereocenters. The van der Waals surface area contributed by atoms with Crippen molar-refractivity contribution >= 4 is 39.0 Å². The molecule has 22 heavy (non-hydrogen) atoms. The summed E-state index contributed by atoms with van der Waals surface area (Å²) in [5.74, 6) is 0. The molecule has 0 saturated heterocycles. The van der Waals surface area contributed by atoms with Crippen molar-refractivity contribution in [2.75, 3.05) is 16.0 Å². The van der Waals surface area contributed by atoms with E-state index in [9.17, 15) is 4.79 Å². The van der Waals surface area contributed by atoms with Crippen molar-refractivity contribution in [3.05, 3.63) is 64.3 Å². The van der Waals surface area contributed by atoms with E-state index in [-0.39, 0.29) is 6.03 Å². The molecule has 3 rings (SSSR count). The topological polar surface area (TPSA) is 53.2 Å². The highest BCUT2D eigenvalue weighted by Crippen LogP contribution is 2.29. The van der Waals surface area contributed by atoms with Crippen LogP contribution in [0, 0.1) is 6.92 Å². The number of nitrogens with one attached hydrogen (secondary N) is 3. The number of hydrogen-bond donors (Lipinski definition) is 3. The molecular weight excluding hydrogens is 342 g/mol. The molecule has 0 atom stereocenters. The molecule has 0 spiro atoms. The molecule has 0 aliphatic carbocycles. The third kappa shape index (κ3) is 3.14. The van der Waals surface area contributed by atoms with Crippen LogP contribution >= 0.6 is 15.9 Å². The van der Waals surface area contributed by atoms with Crippen molar-refractivity contribution in [3.8, 4) is 0 Å².